The third-order valence-electron chi connectivity index (χ3n) is 5.59. The molecule has 0 heterocycles. The Bertz CT molecular complexity index is 1470. The van der Waals surface area contributed by atoms with E-state index in [1.165, 1.54) is 24.3 Å². The fourth-order valence-electron chi connectivity index (χ4n) is 3.65. The first-order chi connectivity index (χ1) is 16.0. The fraction of sp³-hybridized carbons (Fsp3) is 0.0769. The van der Waals surface area contributed by atoms with Crippen LogP contribution in [0.3, 0.4) is 0 Å². The highest BCUT2D eigenvalue weighted by Gasteiger charge is 2.34. The molecule has 4 rings (SSSR count). The lowest BCUT2D eigenvalue weighted by Crippen LogP contribution is -2.16. The van der Waals surface area contributed by atoms with Gasteiger partial charge in [-0.15, -0.1) is 0 Å². The number of hydrogen-bond donors (Lipinski definition) is 0. The fourth-order valence-corrected chi connectivity index (χ4v) is 7.54. The van der Waals surface area contributed by atoms with Gasteiger partial charge in [0.05, 0.1) is 9.79 Å². The summed E-state index contributed by atoms with van der Waals surface area (Å²) in [6.45, 7) is 3.65. The van der Waals surface area contributed by atoms with Crippen molar-refractivity contribution < 1.29 is 16.8 Å². The molecule has 0 aliphatic rings. The summed E-state index contributed by atoms with van der Waals surface area (Å²) in [5.74, 6) is 0. The molecule has 0 amide bonds. The number of aryl methyl sites for hydroxylation is 2. The van der Waals surface area contributed by atoms with Gasteiger partial charge in [-0.25, -0.2) is 16.8 Å². The zero-order chi connectivity index (χ0) is 24.7. The maximum absolute atomic E-state index is 13.4. The number of rotatable bonds is 5. The van der Waals surface area contributed by atoms with Crippen LogP contribution in [0.2, 0.25) is 10.0 Å². The van der Waals surface area contributed by atoms with Crippen LogP contribution in [0.15, 0.2) is 94.7 Å². The molecule has 0 N–H and O–H groups in total. The molecule has 8 heteroatoms. The van der Waals surface area contributed by atoms with Gasteiger partial charge in [0.25, 0.3) is 17.7 Å². The summed E-state index contributed by atoms with van der Waals surface area (Å²) < 4.78 is 53.4. The zero-order valence-electron chi connectivity index (χ0n) is 18.3. The Morgan fingerprint density at radius 2 is 0.824 bits per heavy atom. The second-order valence-corrected chi connectivity index (χ2v) is 14.1. The minimum absolute atomic E-state index is 0.295. The molecule has 34 heavy (non-hydrogen) atoms. The van der Waals surface area contributed by atoms with E-state index in [9.17, 15) is 16.8 Å². The largest absolute Gasteiger partial charge is 0.286 e. The van der Waals surface area contributed by atoms with E-state index in [0.717, 1.165) is 22.3 Å². The van der Waals surface area contributed by atoms with E-state index in [1.807, 2.05) is 13.8 Å². The molecule has 0 atom stereocenters. The topological polar surface area (TPSA) is 68.3 Å². The van der Waals surface area contributed by atoms with Crippen molar-refractivity contribution in [3.8, 4) is 22.3 Å². The molecule has 0 fully saturated rings. The molecule has 0 bridgehead atoms. The smallest absolute Gasteiger partial charge is 0.207 e. The number of benzene rings is 4. The minimum Gasteiger partial charge on any atom is -0.207 e. The van der Waals surface area contributed by atoms with Gasteiger partial charge >= 0.3 is 0 Å². The van der Waals surface area contributed by atoms with E-state index in [4.69, 9.17) is 23.2 Å². The Kier molecular flexibility index (Phi) is 6.62. The van der Waals surface area contributed by atoms with Gasteiger partial charge in [-0.3, -0.25) is 0 Å². The van der Waals surface area contributed by atoms with Gasteiger partial charge in [-0.2, -0.15) is 0 Å². The summed E-state index contributed by atoms with van der Waals surface area (Å²) >= 11 is 11.9. The molecule has 4 aromatic rings. The quantitative estimate of drug-likeness (QED) is 0.258. The van der Waals surface area contributed by atoms with Crippen molar-refractivity contribution in [1.29, 1.82) is 0 Å². The van der Waals surface area contributed by atoms with E-state index in [-0.39, 0.29) is 9.79 Å². The highest BCUT2D eigenvalue weighted by Crippen LogP contribution is 2.33. The average Bonchev–Trinajstić information content (AvgIpc) is 2.80. The molecule has 4 aromatic carbocycles. The van der Waals surface area contributed by atoms with Gasteiger partial charge < -0.3 is 0 Å². The Labute approximate surface area is 209 Å². The van der Waals surface area contributed by atoms with Gasteiger partial charge in [-0.1, -0.05) is 59.6 Å². The molecule has 0 spiro atoms. The zero-order valence-corrected chi connectivity index (χ0v) is 21.4. The normalized spacial score (nSPS) is 12.0. The van der Waals surface area contributed by atoms with Crippen molar-refractivity contribution in [3.63, 3.8) is 0 Å². The van der Waals surface area contributed by atoms with Crippen LogP contribution in [0, 0.1) is 13.8 Å². The molecule has 0 aliphatic carbocycles. The first-order valence-corrected chi connectivity index (χ1v) is 14.5. The van der Waals surface area contributed by atoms with Gasteiger partial charge in [0.15, 0.2) is 0 Å². The summed E-state index contributed by atoms with van der Waals surface area (Å²) in [6.07, 6.45) is 0. The van der Waals surface area contributed by atoms with Crippen LogP contribution in [0.25, 0.3) is 22.3 Å². The van der Waals surface area contributed by atoms with Gasteiger partial charge in [0.1, 0.15) is 0 Å². The van der Waals surface area contributed by atoms with Crippen LogP contribution in [-0.2, 0) is 17.7 Å². The highest BCUT2D eigenvalue weighted by atomic mass is 35.5. The van der Waals surface area contributed by atoms with Gasteiger partial charge in [0.2, 0.25) is 0 Å². The van der Waals surface area contributed by atoms with Crippen LogP contribution < -0.4 is 0 Å². The first-order valence-electron chi connectivity index (χ1n) is 10.2. The molecule has 4 nitrogen and oxygen atoms in total. The molecule has 0 unspecified atom stereocenters. The van der Waals surface area contributed by atoms with E-state index in [0.29, 0.717) is 21.2 Å². The molecule has 0 aliphatic heterocycles. The molecule has 0 radical (unpaired) electrons. The third kappa shape index (κ3) is 4.51. The second-order valence-electron chi connectivity index (χ2n) is 7.88. The Balaban J connectivity index is 1.81. The first kappa shape index (κ1) is 24.5. The van der Waals surface area contributed by atoms with Crippen molar-refractivity contribution in [2.75, 3.05) is 0 Å². The molecule has 174 valence electrons. The van der Waals surface area contributed by atoms with Crippen molar-refractivity contribution >= 4 is 40.9 Å². The van der Waals surface area contributed by atoms with E-state index in [1.54, 1.807) is 60.7 Å². The van der Waals surface area contributed by atoms with E-state index in [2.05, 4.69) is 0 Å². The molecular weight excluding hydrogens is 511 g/mol. The summed E-state index contributed by atoms with van der Waals surface area (Å²) in [5.41, 5.74) is 4.30. The van der Waals surface area contributed by atoms with Crippen molar-refractivity contribution in [3.05, 3.63) is 106 Å². The second kappa shape index (κ2) is 9.19. The maximum atomic E-state index is 13.4. The van der Waals surface area contributed by atoms with Crippen molar-refractivity contribution in [2.24, 2.45) is 0 Å². The highest BCUT2D eigenvalue weighted by molar-refractivity contribution is 8.67. The van der Waals surface area contributed by atoms with Gasteiger partial charge in [0, 0.05) is 10.0 Å². The molecule has 0 saturated carbocycles. The predicted octanol–water partition coefficient (Wildman–Crippen LogP) is 7.11. The molecular formula is C26H20Cl2O4S2. The lowest BCUT2D eigenvalue weighted by atomic mass is 10.0. The summed E-state index contributed by atoms with van der Waals surface area (Å²) in [7, 11) is -9.48. The SMILES string of the molecule is Cc1ccc(S(=O)(=O)S(=O)(=O)c2ccc(C)c(-c3ccc(Cl)cc3)c2)cc1-c1ccc(Cl)cc1. The Morgan fingerprint density at radius 1 is 0.500 bits per heavy atom. The Hall–Kier alpha value is -2.64. The van der Waals surface area contributed by atoms with E-state index < -0.39 is 17.7 Å². The molecule has 0 saturated heterocycles. The lowest BCUT2D eigenvalue weighted by Gasteiger charge is -2.13. The summed E-state index contributed by atoms with van der Waals surface area (Å²) in [5, 5.41) is 1.09. The third-order valence-corrected chi connectivity index (χ3v) is 11.2. The summed E-state index contributed by atoms with van der Waals surface area (Å²) in [6, 6.07) is 22.4. The van der Waals surface area contributed by atoms with E-state index >= 15 is 0 Å². The molecule has 0 aromatic heterocycles. The van der Waals surface area contributed by atoms with Crippen LogP contribution in [0.5, 0.6) is 0 Å². The van der Waals surface area contributed by atoms with Crippen LogP contribution in [0.4, 0.5) is 0 Å². The van der Waals surface area contributed by atoms with Crippen LogP contribution in [0.1, 0.15) is 11.1 Å². The monoisotopic (exact) mass is 530 g/mol. The van der Waals surface area contributed by atoms with Gasteiger partial charge in [-0.05, 0) is 95.8 Å². The van der Waals surface area contributed by atoms with Crippen molar-refractivity contribution in [1.82, 2.24) is 0 Å². The van der Waals surface area contributed by atoms with Crippen LogP contribution in [-0.4, -0.2) is 16.8 Å². The van der Waals surface area contributed by atoms with Crippen molar-refractivity contribution in [2.45, 2.75) is 23.6 Å². The number of halogens is 2. The average molecular weight is 531 g/mol. The predicted molar refractivity (Wildman–Crippen MR) is 138 cm³/mol. The summed E-state index contributed by atoms with van der Waals surface area (Å²) in [4.78, 5) is -0.590. The van der Waals surface area contributed by atoms with Crippen LogP contribution >= 0.6 is 23.2 Å². The Morgan fingerprint density at radius 3 is 1.15 bits per heavy atom. The number of hydrogen-bond acceptors (Lipinski definition) is 4. The maximum Gasteiger partial charge on any atom is 0.286 e. The minimum atomic E-state index is -4.74. The lowest BCUT2D eigenvalue weighted by molar-refractivity contribution is 0.582. The standard InChI is InChI=1S/C26H20Cl2O4S2/c1-17-3-13-23(15-25(17)19-5-9-21(27)10-6-19)33(29,30)34(31,32)24-14-4-18(2)26(16-24)20-7-11-22(28)12-8-20/h3-16H,1-2H3.